The molecule has 0 radical (unpaired) electrons. The number of thiophene rings is 1. The highest BCUT2D eigenvalue weighted by Gasteiger charge is 2.30. The van der Waals surface area contributed by atoms with Crippen LogP contribution >= 0.6 is 23.1 Å². The van der Waals surface area contributed by atoms with Gasteiger partial charge < -0.3 is 5.32 Å². The number of benzene rings is 2. The Morgan fingerprint density at radius 2 is 1.82 bits per heavy atom. The fourth-order valence-electron chi connectivity index (χ4n) is 3.15. The molecule has 0 aliphatic carbocycles. The van der Waals surface area contributed by atoms with Crippen LogP contribution in [0.3, 0.4) is 0 Å². The van der Waals surface area contributed by atoms with Crippen LogP contribution < -0.4 is 10.9 Å². The Morgan fingerprint density at radius 1 is 1.09 bits per heavy atom. The number of halogens is 3. The molecule has 0 aliphatic heterocycles. The van der Waals surface area contributed by atoms with E-state index in [1.54, 1.807) is 11.4 Å². The van der Waals surface area contributed by atoms with Gasteiger partial charge in [0.1, 0.15) is 4.70 Å². The summed E-state index contributed by atoms with van der Waals surface area (Å²) in [7, 11) is 0. The number of nitrogens with one attached hydrogen (secondary N) is 1. The number of aryl methyl sites for hydroxylation is 2. The van der Waals surface area contributed by atoms with Gasteiger partial charge in [-0.15, -0.1) is 11.3 Å². The van der Waals surface area contributed by atoms with Crippen LogP contribution in [-0.2, 0) is 11.0 Å². The van der Waals surface area contributed by atoms with Gasteiger partial charge in [-0.3, -0.25) is 14.2 Å². The van der Waals surface area contributed by atoms with Crippen molar-refractivity contribution in [2.24, 2.45) is 0 Å². The Hall–Kier alpha value is -3.11. The van der Waals surface area contributed by atoms with Crippen LogP contribution in [-0.4, -0.2) is 21.2 Å². The second kappa shape index (κ2) is 9.03. The number of amides is 1. The number of carbonyl (C=O) groups excluding carboxylic acids is 1. The summed E-state index contributed by atoms with van der Waals surface area (Å²) in [4.78, 5) is 30.2. The van der Waals surface area contributed by atoms with E-state index in [-0.39, 0.29) is 17.0 Å². The zero-order chi connectivity index (χ0) is 23.8. The monoisotopic (exact) mass is 489 g/mol. The second-order valence-corrected chi connectivity index (χ2v) is 9.21. The van der Waals surface area contributed by atoms with E-state index in [0.29, 0.717) is 21.1 Å². The molecule has 1 amide bonds. The summed E-state index contributed by atoms with van der Waals surface area (Å²) < 4.78 is 40.1. The van der Waals surface area contributed by atoms with Gasteiger partial charge in [0.05, 0.1) is 22.5 Å². The van der Waals surface area contributed by atoms with E-state index in [0.717, 1.165) is 35.0 Å². The van der Waals surface area contributed by atoms with Crippen molar-refractivity contribution in [2.45, 2.75) is 25.2 Å². The van der Waals surface area contributed by atoms with Crippen LogP contribution in [0.1, 0.15) is 16.7 Å². The molecule has 0 fully saturated rings. The van der Waals surface area contributed by atoms with Gasteiger partial charge in [0.15, 0.2) is 5.16 Å². The van der Waals surface area contributed by atoms with Crippen molar-refractivity contribution in [3.05, 3.63) is 81.0 Å². The molecule has 2 aromatic heterocycles. The third-order valence-electron chi connectivity index (χ3n) is 5.03. The molecule has 0 saturated heterocycles. The first kappa shape index (κ1) is 23.1. The zero-order valence-corrected chi connectivity index (χ0v) is 19.2. The number of nitrogens with zero attached hydrogens (tertiary/aromatic N) is 2. The van der Waals surface area contributed by atoms with E-state index in [1.807, 2.05) is 32.0 Å². The van der Waals surface area contributed by atoms with Crippen molar-refractivity contribution < 1.29 is 18.0 Å². The van der Waals surface area contributed by atoms with Crippen LogP contribution in [0.2, 0.25) is 0 Å². The van der Waals surface area contributed by atoms with Gasteiger partial charge in [0.25, 0.3) is 5.56 Å². The van der Waals surface area contributed by atoms with Gasteiger partial charge in [-0.25, -0.2) is 4.98 Å². The summed E-state index contributed by atoms with van der Waals surface area (Å²) in [6.45, 7) is 3.93. The zero-order valence-electron chi connectivity index (χ0n) is 17.6. The molecule has 170 valence electrons. The minimum atomic E-state index is -4.44. The number of fused-ring (bicyclic) bond motifs is 1. The van der Waals surface area contributed by atoms with Crippen LogP contribution in [0, 0.1) is 13.8 Å². The summed E-state index contributed by atoms with van der Waals surface area (Å²) in [5.74, 6) is -0.500. The predicted octanol–water partition coefficient (Wildman–Crippen LogP) is 5.81. The molecular weight excluding hydrogens is 471 g/mol. The molecule has 5 nitrogen and oxygen atoms in total. The average Bonchev–Trinajstić information content (AvgIpc) is 3.23. The fourth-order valence-corrected chi connectivity index (χ4v) is 4.72. The van der Waals surface area contributed by atoms with Crippen LogP contribution in [0.25, 0.3) is 15.9 Å². The summed E-state index contributed by atoms with van der Waals surface area (Å²) >= 11 is 2.39. The standard InChI is InChI=1S/C23H18F3N3O2S2/c1-13-3-8-17(11-14(13)2)29-21(31)20-18(9-10-32-20)28-22(29)33-12-19(30)27-16-6-4-15(5-7-16)23(24,25)26/h3-11H,12H2,1-2H3,(H,27,30). The summed E-state index contributed by atoms with van der Waals surface area (Å²) in [6.07, 6.45) is -4.44. The number of thioether (sulfide) groups is 1. The van der Waals surface area contributed by atoms with Gasteiger partial charge >= 0.3 is 6.18 Å². The first-order valence-electron chi connectivity index (χ1n) is 9.81. The maximum absolute atomic E-state index is 13.2. The van der Waals surface area contributed by atoms with E-state index in [4.69, 9.17) is 0 Å². The largest absolute Gasteiger partial charge is 0.416 e. The van der Waals surface area contributed by atoms with Crippen molar-refractivity contribution in [3.8, 4) is 5.69 Å². The van der Waals surface area contributed by atoms with Gasteiger partial charge in [-0.2, -0.15) is 13.2 Å². The molecule has 0 saturated carbocycles. The Morgan fingerprint density at radius 3 is 2.48 bits per heavy atom. The number of hydrogen-bond acceptors (Lipinski definition) is 5. The van der Waals surface area contributed by atoms with Gasteiger partial charge in [-0.05, 0) is 72.8 Å². The first-order chi connectivity index (χ1) is 15.6. The number of alkyl halides is 3. The maximum Gasteiger partial charge on any atom is 0.416 e. The minimum Gasteiger partial charge on any atom is -0.325 e. The molecule has 0 aliphatic rings. The second-order valence-electron chi connectivity index (χ2n) is 7.35. The van der Waals surface area contributed by atoms with Crippen molar-refractivity contribution in [1.82, 2.24) is 9.55 Å². The van der Waals surface area contributed by atoms with E-state index < -0.39 is 17.6 Å². The highest BCUT2D eigenvalue weighted by molar-refractivity contribution is 7.99. The predicted molar refractivity (Wildman–Crippen MR) is 125 cm³/mol. The molecule has 33 heavy (non-hydrogen) atoms. The van der Waals surface area contributed by atoms with E-state index in [1.165, 1.54) is 28.0 Å². The van der Waals surface area contributed by atoms with Crippen LogP contribution in [0.4, 0.5) is 18.9 Å². The van der Waals surface area contributed by atoms with E-state index >= 15 is 0 Å². The Kier molecular flexibility index (Phi) is 6.31. The van der Waals surface area contributed by atoms with Gasteiger partial charge in [0, 0.05) is 5.69 Å². The average molecular weight is 490 g/mol. The molecule has 0 unspecified atom stereocenters. The molecule has 2 heterocycles. The van der Waals surface area contributed by atoms with E-state index in [2.05, 4.69) is 10.3 Å². The highest BCUT2D eigenvalue weighted by Crippen LogP contribution is 2.30. The quantitative estimate of drug-likeness (QED) is 0.284. The van der Waals surface area contributed by atoms with E-state index in [9.17, 15) is 22.8 Å². The first-order valence-corrected chi connectivity index (χ1v) is 11.7. The van der Waals surface area contributed by atoms with Crippen LogP contribution in [0.15, 0.2) is 63.9 Å². The Balaban J connectivity index is 1.58. The lowest BCUT2D eigenvalue weighted by atomic mass is 10.1. The maximum atomic E-state index is 13.2. The molecule has 4 aromatic rings. The number of anilines is 1. The van der Waals surface area contributed by atoms with Crippen molar-refractivity contribution >= 4 is 44.9 Å². The summed E-state index contributed by atoms with van der Waals surface area (Å²) in [6, 6.07) is 11.6. The van der Waals surface area contributed by atoms with Crippen molar-refractivity contribution in [3.63, 3.8) is 0 Å². The summed E-state index contributed by atoms with van der Waals surface area (Å²) in [5, 5.41) is 4.72. The molecule has 0 bridgehead atoms. The molecule has 10 heteroatoms. The van der Waals surface area contributed by atoms with Gasteiger partial charge in [0.2, 0.25) is 5.91 Å². The number of carbonyl (C=O) groups is 1. The molecule has 2 aromatic carbocycles. The third-order valence-corrected chi connectivity index (χ3v) is 6.86. The third kappa shape index (κ3) is 4.96. The van der Waals surface area contributed by atoms with Crippen LogP contribution in [0.5, 0.6) is 0 Å². The molecular formula is C23H18F3N3O2S2. The van der Waals surface area contributed by atoms with Gasteiger partial charge in [-0.1, -0.05) is 17.8 Å². The smallest absolute Gasteiger partial charge is 0.325 e. The highest BCUT2D eigenvalue weighted by atomic mass is 32.2. The van der Waals surface area contributed by atoms with Crippen molar-refractivity contribution in [1.29, 1.82) is 0 Å². The topological polar surface area (TPSA) is 64.0 Å². The lowest BCUT2D eigenvalue weighted by Crippen LogP contribution is -2.22. The minimum absolute atomic E-state index is 0.0754. The SMILES string of the molecule is Cc1ccc(-n2c(SCC(=O)Nc3ccc(C(F)(F)F)cc3)nc3ccsc3c2=O)cc1C. The number of rotatable bonds is 5. The number of hydrogen-bond donors (Lipinski definition) is 1. The lowest BCUT2D eigenvalue weighted by Gasteiger charge is -2.13. The molecule has 0 atom stereocenters. The lowest BCUT2D eigenvalue weighted by molar-refractivity contribution is -0.137. The molecule has 0 spiro atoms. The molecule has 4 rings (SSSR count). The summed E-state index contributed by atoms with van der Waals surface area (Å²) in [5.41, 5.74) is 2.54. The normalized spacial score (nSPS) is 11.7. The molecule has 1 N–H and O–H groups in total. The van der Waals surface area contributed by atoms with Crippen molar-refractivity contribution in [2.75, 3.05) is 11.1 Å². The fraction of sp³-hybridized carbons (Fsp3) is 0.174. The number of aromatic nitrogens is 2. The Bertz CT molecular complexity index is 1390. The Labute approximate surface area is 195 Å².